The molecule has 2 N–H and O–H groups in total. The zero-order chi connectivity index (χ0) is 10.6. The highest BCUT2D eigenvalue weighted by molar-refractivity contribution is 4.76. The summed E-state index contributed by atoms with van der Waals surface area (Å²) < 4.78 is 0. The molecule has 5 heteroatoms. The molecule has 0 spiro atoms. The van der Waals surface area contributed by atoms with Crippen LogP contribution in [0.2, 0.25) is 0 Å². The molecular formula is C9H18N2O3. The number of nitrogens with two attached hydrogens (primary N) is 1. The first-order valence-corrected chi connectivity index (χ1v) is 5.14. The van der Waals surface area contributed by atoms with Gasteiger partial charge in [0.05, 0.1) is 0 Å². The van der Waals surface area contributed by atoms with Crippen LogP contribution >= 0.6 is 0 Å². The van der Waals surface area contributed by atoms with Crippen molar-refractivity contribution in [2.75, 3.05) is 6.54 Å². The van der Waals surface area contributed by atoms with Crippen LogP contribution in [0.25, 0.3) is 0 Å². The zero-order valence-electron chi connectivity index (χ0n) is 8.52. The fourth-order valence-electron chi connectivity index (χ4n) is 2.12. The van der Waals surface area contributed by atoms with Crippen molar-refractivity contribution in [2.45, 2.75) is 38.7 Å². The van der Waals surface area contributed by atoms with E-state index in [-0.39, 0.29) is 6.10 Å². The summed E-state index contributed by atoms with van der Waals surface area (Å²) in [5.41, 5.74) is 5.57. The maximum atomic E-state index is 10.1. The lowest BCUT2D eigenvalue weighted by Crippen LogP contribution is -2.29. The van der Waals surface area contributed by atoms with E-state index in [9.17, 15) is 10.1 Å². The quantitative estimate of drug-likeness (QED) is 0.551. The van der Waals surface area contributed by atoms with Gasteiger partial charge in [-0.1, -0.05) is 0 Å². The highest BCUT2D eigenvalue weighted by Gasteiger charge is 2.26. The minimum absolute atomic E-state index is 0.274. The number of hydrogen-bond donors (Lipinski definition) is 1. The summed E-state index contributed by atoms with van der Waals surface area (Å²) in [6.45, 7) is 2.51. The summed E-state index contributed by atoms with van der Waals surface area (Å²) in [4.78, 5) is 14.7. The normalized spacial score (nSPS) is 29.6. The lowest BCUT2D eigenvalue weighted by atomic mass is 9.80. The van der Waals surface area contributed by atoms with Gasteiger partial charge in [0.1, 0.15) is 6.10 Å². The van der Waals surface area contributed by atoms with Crippen LogP contribution in [0.1, 0.15) is 32.6 Å². The smallest absolute Gasteiger partial charge is 0.294 e. The van der Waals surface area contributed by atoms with Crippen molar-refractivity contribution in [2.24, 2.45) is 17.6 Å². The second kappa shape index (κ2) is 5.14. The molecule has 1 aliphatic carbocycles. The van der Waals surface area contributed by atoms with Crippen LogP contribution in [0.3, 0.4) is 0 Å². The van der Waals surface area contributed by atoms with Gasteiger partial charge in [0.2, 0.25) is 0 Å². The monoisotopic (exact) mass is 202 g/mol. The summed E-state index contributed by atoms with van der Waals surface area (Å²) in [5, 5.41) is 9.44. The molecule has 82 valence electrons. The molecule has 0 aromatic heterocycles. The minimum atomic E-state index is -0.695. The second-order valence-corrected chi connectivity index (χ2v) is 4.05. The minimum Gasteiger partial charge on any atom is -0.330 e. The summed E-state index contributed by atoms with van der Waals surface area (Å²) in [7, 11) is 0. The number of nitrogens with zero attached hydrogens (tertiary/aromatic N) is 1. The molecule has 5 nitrogen and oxygen atoms in total. The Bertz CT molecular complexity index is 190. The van der Waals surface area contributed by atoms with Gasteiger partial charge in [-0.25, -0.2) is 0 Å². The largest absolute Gasteiger partial charge is 0.330 e. The standard InChI is InChI=1S/C9H18N2O3/c1-7(14-11(12)13)9-4-2-8(6-10)3-5-9/h7-9H,2-6,10H2,1H3. The number of hydrogen-bond acceptors (Lipinski definition) is 4. The van der Waals surface area contributed by atoms with Crippen LogP contribution in [-0.2, 0) is 4.84 Å². The highest BCUT2D eigenvalue weighted by atomic mass is 17.0. The van der Waals surface area contributed by atoms with Crippen LogP contribution in [0, 0.1) is 22.0 Å². The van der Waals surface area contributed by atoms with Crippen LogP contribution < -0.4 is 5.73 Å². The lowest BCUT2D eigenvalue weighted by molar-refractivity contribution is -0.769. The molecule has 1 rings (SSSR count). The third-order valence-electron chi connectivity index (χ3n) is 3.14. The third-order valence-corrected chi connectivity index (χ3v) is 3.14. The van der Waals surface area contributed by atoms with E-state index in [0.717, 1.165) is 32.2 Å². The van der Waals surface area contributed by atoms with E-state index in [0.29, 0.717) is 11.8 Å². The van der Waals surface area contributed by atoms with Gasteiger partial charge in [-0.2, -0.15) is 0 Å². The molecule has 0 aromatic carbocycles. The van der Waals surface area contributed by atoms with E-state index in [4.69, 9.17) is 5.73 Å². The predicted octanol–water partition coefficient (Wildman–Crippen LogP) is 1.35. The van der Waals surface area contributed by atoms with Crippen molar-refractivity contribution in [3.63, 3.8) is 0 Å². The molecule has 0 amide bonds. The molecule has 0 bridgehead atoms. The molecule has 1 aliphatic rings. The molecule has 0 radical (unpaired) electrons. The van der Waals surface area contributed by atoms with Crippen molar-refractivity contribution < 1.29 is 9.92 Å². The highest BCUT2D eigenvalue weighted by Crippen LogP contribution is 2.31. The molecule has 1 saturated carbocycles. The van der Waals surface area contributed by atoms with Crippen LogP contribution in [0.5, 0.6) is 0 Å². The SMILES string of the molecule is CC(O[N+](=O)[O-])C1CCC(CN)CC1. The summed E-state index contributed by atoms with van der Waals surface area (Å²) in [6, 6.07) is 0. The van der Waals surface area contributed by atoms with E-state index in [2.05, 4.69) is 4.84 Å². The van der Waals surface area contributed by atoms with E-state index in [1.54, 1.807) is 6.92 Å². The fraction of sp³-hybridized carbons (Fsp3) is 1.00. The fourth-order valence-corrected chi connectivity index (χ4v) is 2.12. The van der Waals surface area contributed by atoms with Gasteiger partial charge in [0.15, 0.2) is 0 Å². The first-order valence-electron chi connectivity index (χ1n) is 5.14. The Labute approximate surface area is 83.7 Å². The average Bonchev–Trinajstić information content (AvgIpc) is 2.17. The Morgan fingerprint density at radius 2 is 2.07 bits per heavy atom. The Hall–Kier alpha value is -0.840. The van der Waals surface area contributed by atoms with Gasteiger partial charge >= 0.3 is 0 Å². The predicted molar refractivity (Wildman–Crippen MR) is 52.0 cm³/mol. The summed E-state index contributed by atoms with van der Waals surface area (Å²) >= 11 is 0. The lowest BCUT2D eigenvalue weighted by Gasteiger charge is -2.30. The maximum absolute atomic E-state index is 10.1. The van der Waals surface area contributed by atoms with Gasteiger partial charge in [-0.05, 0) is 51.0 Å². The second-order valence-electron chi connectivity index (χ2n) is 4.05. The van der Waals surface area contributed by atoms with E-state index < -0.39 is 5.09 Å². The van der Waals surface area contributed by atoms with Crippen molar-refractivity contribution >= 4 is 0 Å². The van der Waals surface area contributed by atoms with E-state index in [1.165, 1.54) is 0 Å². The van der Waals surface area contributed by atoms with Crippen molar-refractivity contribution in [1.29, 1.82) is 0 Å². The maximum Gasteiger partial charge on any atom is 0.294 e. The molecule has 1 unspecified atom stereocenters. The van der Waals surface area contributed by atoms with Crippen molar-refractivity contribution in [3.8, 4) is 0 Å². The molecule has 14 heavy (non-hydrogen) atoms. The first-order chi connectivity index (χ1) is 6.63. The van der Waals surface area contributed by atoms with Gasteiger partial charge in [0.25, 0.3) is 5.09 Å². The van der Waals surface area contributed by atoms with E-state index in [1.807, 2.05) is 0 Å². The van der Waals surface area contributed by atoms with Crippen molar-refractivity contribution in [3.05, 3.63) is 10.1 Å². The Kier molecular flexibility index (Phi) is 4.13. The molecule has 0 aliphatic heterocycles. The molecular weight excluding hydrogens is 184 g/mol. The summed E-state index contributed by atoms with van der Waals surface area (Å²) in [5.74, 6) is 0.928. The van der Waals surface area contributed by atoms with Gasteiger partial charge < -0.3 is 10.6 Å². The Morgan fingerprint density at radius 1 is 1.50 bits per heavy atom. The summed E-state index contributed by atoms with van der Waals surface area (Å²) in [6.07, 6.45) is 3.87. The molecule has 0 heterocycles. The van der Waals surface area contributed by atoms with Crippen LogP contribution in [-0.4, -0.2) is 17.7 Å². The third kappa shape index (κ3) is 3.14. The van der Waals surface area contributed by atoms with E-state index >= 15 is 0 Å². The topological polar surface area (TPSA) is 78.4 Å². The average molecular weight is 202 g/mol. The number of rotatable bonds is 4. The van der Waals surface area contributed by atoms with Crippen LogP contribution in [0.15, 0.2) is 0 Å². The molecule has 0 saturated heterocycles. The van der Waals surface area contributed by atoms with Gasteiger partial charge in [-0.3, -0.25) is 0 Å². The molecule has 1 fully saturated rings. The van der Waals surface area contributed by atoms with Gasteiger partial charge in [0, 0.05) is 0 Å². The molecule has 0 aromatic rings. The Morgan fingerprint density at radius 3 is 2.50 bits per heavy atom. The molecule has 1 atom stereocenters. The van der Waals surface area contributed by atoms with Gasteiger partial charge in [-0.15, -0.1) is 10.1 Å². The zero-order valence-corrected chi connectivity index (χ0v) is 8.52. The van der Waals surface area contributed by atoms with Crippen LogP contribution in [0.4, 0.5) is 0 Å². The first kappa shape index (κ1) is 11.2. The van der Waals surface area contributed by atoms with Crippen molar-refractivity contribution in [1.82, 2.24) is 0 Å². The Balaban J connectivity index is 2.30.